The van der Waals surface area contributed by atoms with E-state index in [9.17, 15) is 4.79 Å². The molecule has 0 atom stereocenters. The van der Waals surface area contributed by atoms with Crippen molar-refractivity contribution in [3.8, 4) is 0 Å². The summed E-state index contributed by atoms with van der Waals surface area (Å²) in [6.45, 7) is 1.81. The van der Waals surface area contributed by atoms with Gasteiger partial charge in [-0.05, 0) is 0 Å². The minimum atomic E-state index is -1.83. The summed E-state index contributed by atoms with van der Waals surface area (Å²) in [6.07, 6.45) is -3.99. The zero-order valence-electron chi connectivity index (χ0n) is 8.10. The summed E-state index contributed by atoms with van der Waals surface area (Å²) in [5, 5.41) is 41.8. The minimum absolute atomic E-state index is 0.639. The average Bonchev–Trinajstić information content (AvgIpc) is 2.00. The van der Waals surface area contributed by atoms with Crippen molar-refractivity contribution in [3.63, 3.8) is 0 Å². The minimum Gasteiger partial charge on any atom is -0.450 e. The van der Waals surface area contributed by atoms with Gasteiger partial charge in [0.2, 0.25) is 0 Å². The van der Waals surface area contributed by atoms with E-state index >= 15 is 0 Å². The maximum Gasteiger partial charge on any atom is 0.503 e. The molecule has 0 bridgehead atoms. The topological polar surface area (TPSA) is 190 Å². The molecule has 0 aliphatic carbocycles. The van der Waals surface area contributed by atoms with E-state index in [4.69, 9.17) is 45.0 Å². The number of carbonyl (C=O) groups excluding carboxylic acids is 1. The number of carboxylic acid groups (broad SMARTS) is 6. The van der Waals surface area contributed by atoms with Gasteiger partial charge in [-0.1, -0.05) is 6.92 Å². The average molecular weight is 244 g/mol. The Balaban J connectivity index is -0.0000000600. The predicted octanol–water partition coefficient (Wildman–Crippen LogP) is 1.26. The molecule has 0 aliphatic heterocycles. The van der Waals surface area contributed by atoms with Crippen LogP contribution in [0.4, 0.5) is 14.4 Å². The van der Waals surface area contributed by atoms with Crippen LogP contribution in [0.2, 0.25) is 0 Å². The van der Waals surface area contributed by atoms with Gasteiger partial charge >= 0.3 is 18.5 Å². The fourth-order valence-electron chi connectivity index (χ4n) is 0. The van der Waals surface area contributed by atoms with E-state index < -0.39 is 18.5 Å². The highest BCUT2D eigenvalue weighted by Crippen LogP contribution is 1.53. The van der Waals surface area contributed by atoms with Gasteiger partial charge in [0.05, 0.1) is 0 Å². The predicted molar refractivity (Wildman–Crippen MR) is 48.3 cm³/mol. The third-order valence-corrected chi connectivity index (χ3v) is 0.167. The first-order valence-electron chi connectivity index (χ1n) is 3.31. The molecular formula is C6H12O10. The van der Waals surface area contributed by atoms with Gasteiger partial charge in [0, 0.05) is 6.42 Å². The van der Waals surface area contributed by atoms with Crippen LogP contribution in [0, 0.1) is 0 Å². The Labute approximate surface area is 89.0 Å². The summed E-state index contributed by atoms with van der Waals surface area (Å²) in [5.41, 5.74) is 0. The van der Waals surface area contributed by atoms with Crippen molar-refractivity contribution in [1.82, 2.24) is 0 Å². The molecule has 0 heterocycles. The normalized spacial score (nSPS) is 6.06. The van der Waals surface area contributed by atoms with Gasteiger partial charge in [0.1, 0.15) is 6.29 Å². The van der Waals surface area contributed by atoms with E-state index in [2.05, 4.69) is 0 Å². The second-order valence-corrected chi connectivity index (χ2v) is 1.42. The third-order valence-electron chi connectivity index (χ3n) is 0.167. The largest absolute Gasteiger partial charge is 0.503 e. The van der Waals surface area contributed by atoms with E-state index in [0.29, 0.717) is 6.42 Å². The van der Waals surface area contributed by atoms with Crippen molar-refractivity contribution in [2.24, 2.45) is 0 Å². The Morgan fingerprint density at radius 3 is 0.875 bits per heavy atom. The monoisotopic (exact) mass is 244 g/mol. The summed E-state index contributed by atoms with van der Waals surface area (Å²) in [6, 6.07) is 0. The van der Waals surface area contributed by atoms with Gasteiger partial charge in [0.15, 0.2) is 0 Å². The SMILES string of the molecule is CCC=O.O=C(O)O.O=C(O)O.O=C(O)O. The molecule has 0 aromatic heterocycles. The van der Waals surface area contributed by atoms with Crippen molar-refractivity contribution in [3.05, 3.63) is 0 Å². The van der Waals surface area contributed by atoms with Gasteiger partial charge in [-0.2, -0.15) is 0 Å². The molecule has 10 heteroatoms. The van der Waals surface area contributed by atoms with Crippen LogP contribution in [0.15, 0.2) is 0 Å². The number of hydrogen-bond acceptors (Lipinski definition) is 4. The summed E-state index contributed by atoms with van der Waals surface area (Å²) in [7, 11) is 0. The Kier molecular flexibility index (Phi) is 33.4. The summed E-state index contributed by atoms with van der Waals surface area (Å²) >= 11 is 0. The van der Waals surface area contributed by atoms with Crippen molar-refractivity contribution in [2.75, 3.05) is 0 Å². The molecule has 0 fully saturated rings. The molecule has 0 saturated heterocycles. The number of carbonyl (C=O) groups is 4. The van der Waals surface area contributed by atoms with Crippen molar-refractivity contribution < 1.29 is 49.8 Å². The highest BCUT2D eigenvalue weighted by atomic mass is 16.6. The van der Waals surface area contributed by atoms with Gasteiger partial charge in [-0.3, -0.25) is 0 Å². The van der Waals surface area contributed by atoms with Crippen molar-refractivity contribution >= 4 is 24.8 Å². The number of hydrogen-bond donors (Lipinski definition) is 6. The van der Waals surface area contributed by atoms with Gasteiger partial charge in [-0.25, -0.2) is 14.4 Å². The number of aldehydes is 1. The molecule has 0 unspecified atom stereocenters. The van der Waals surface area contributed by atoms with E-state index in [1.807, 2.05) is 6.92 Å². The van der Waals surface area contributed by atoms with Crippen LogP contribution < -0.4 is 0 Å². The summed E-state index contributed by atoms with van der Waals surface area (Å²) in [5.74, 6) is 0. The van der Waals surface area contributed by atoms with E-state index in [0.717, 1.165) is 6.29 Å². The lowest BCUT2D eigenvalue weighted by Crippen LogP contribution is -1.81. The lowest BCUT2D eigenvalue weighted by atomic mass is 10.6. The zero-order chi connectivity index (χ0) is 14.1. The Hall–Kier alpha value is -2.52. The molecule has 0 spiro atoms. The van der Waals surface area contributed by atoms with Crippen LogP contribution in [-0.4, -0.2) is 55.4 Å². The first-order valence-corrected chi connectivity index (χ1v) is 3.31. The molecule has 96 valence electrons. The molecule has 6 N–H and O–H groups in total. The molecule has 0 aromatic carbocycles. The lowest BCUT2D eigenvalue weighted by molar-refractivity contribution is -0.107. The quantitative estimate of drug-likeness (QED) is 0.366. The second-order valence-electron chi connectivity index (χ2n) is 1.42. The zero-order valence-corrected chi connectivity index (χ0v) is 8.10. The Morgan fingerprint density at radius 2 is 0.875 bits per heavy atom. The van der Waals surface area contributed by atoms with E-state index in [1.54, 1.807) is 0 Å². The Bertz CT molecular complexity index is 157. The standard InChI is InChI=1S/C3H6O.3CH2O3/c1-2-3-4;3*2-1(3)4/h3H,2H2,1H3;3*(H2,2,3,4). The molecular weight excluding hydrogens is 232 g/mol. The van der Waals surface area contributed by atoms with Crippen LogP contribution >= 0.6 is 0 Å². The molecule has 0 amide bonds. The second kappa shape index (κ2) is 22.9. The first-order chi connectivity index (χ1) is 7.11. The highest BCUT2D eigenvalue weighted by molar-refractivity contribution is 5.53. The number of rotatable bonds is 1. The van der Waals surface area contributed by atoms with Gasteiger partial charge < -0.3 is 35.4 Å². The van der Waals surface area contributed by atoms with Crippen LogP contribution in [0.3, 0.4) is 0 Å². The first kappa shape index (κ1) is 23.4. The molecule has 0 saturated carbocycles. The van der Waals surface area contributed by atoms with Crippen LogP contribution in [-0.2, 0) is 4.79 Å². The van der Waals surface area contributed by atoms with Crippen molar-refractivity contribution in [1.29, 1.82) is 0 Å². The molecule has 16 heavy (non-hydrogen) atoms. The summed E-state index contributed by atoms with van der Waals surface area (Å²) < 4.78 is 0. The highest BCUT2D eigenvalue weighted by Gasteiger charge is 1.70. The van der Waals surface area contributed by atoms with Gasteiger partial charge in [0.25, 0.3) is 0 Å². The van der Waals surface area contributed by atoms with Crippen LogP contribution in [0.5, 0.6) is 0 Å². The van der Waals surface area contributed by atoms with Crippen LogP contribution in [0.1, 0.15) is 13.3 Å². The van der Waals surface area contributed by atoms with E-state index in [1.165, 1.54) is 0 Å². The summed E-state index contributed by atoms with van der Waals surface area (Å²) in [4.78, 5) is 34.8. The van der Waals surface area contributed by atoms with Crippen molar-refractivity contribution in [2.45, 2.75) is 13.3 Å². The van der Waals surface area contributed by atoms with E-state index in [-0.39, 0.29) is 0 Å². The molecule has 10 nitrogen and oxygen atoms in total. The maximum atomic E-state index is 9.17. The third kappa shape index (κ3) is 546. The molecule has 0 aliphatic rings. The maximum absolute atomic E-state index is 9.17. The van der Waals surface area contributed by atoms with Crippen LogP contribution in [0.25, 0.3) is 0 Å². The lowest BCUT2D eigenvalue weighted by Gasteiger charge is -1.60. The smallest absolute Gasteiger partial charge is 0.450 e. The fourth-order valence-corrected chi connectivity index (χ4v) is 0. The molecule has 0 rings (SSSR count). The fraction of sp³-hybridized carbons (Fsp3) is 0.333. The Morgan fingerprint density at radius 1 is 0.812 bits per heavy atom. The van der Waals surface area contributed by atoms with Gasteiger partial charge in [-0.15, -0.1) is 0 Å². The molecule has 0 radical (unpaired) electrons. The molecule has 0 aromatic rings.